The van der Waals surface area contributed by atoms with E-state index in [9.17, 15) is 18.0 Å². The van der Waals surface area contributed by atoms with Gasteiger partial charge in [0.05, 0.1) is 24.4 Å². The SMILES string of the molecule is CCCCCCCCOCc1cccc(Cn2c(-c3cccc(C)c3)cc(C(F)(F)F)c(N)c2=O)c1. The van der Waals surface area contributed by atoms with Crippen molar-refractivity contribution in [2.24, 2.45) is 0 Å². The van der Waals surface area contributed by atoms with Crippen molar-refractivity contribution < 1.29 is 17.9 Å². The molecule has 0 saturated heterocycles. The third-order valence-electron chi connectivity index (χ3n) is 6.20. The number of rotatable bonds is 12. The predicted molar refractivity (Wildman–Crippen MR) is 139 cm³/mol. The second-order valence-corrected chi connectivity index (χ2v) is 9.26. The second-order valence-electron chi connectivity index (χ2n) is 9.26. The molecule has 3 rings (SSSR count). The van der Waals surface area contributed by atoms with Crippen LogP contribution in [0.5, 0.6) is 0 Å². The predicted octanol–water partition coefficient (Wildman–Crippen LogP) is 7.35. The number of nitrogens with two attached hydrogens (primary N) is 1. The van der Waals surface area contributed by atoms with E-state index < -0.39 is 23.0 Å². The van der Waals surface area contributed by atoms with Gasteiger partial charge in [0.1, 0.15) is 5.69 Å². The highest BCUT2D eigenvalue weighted by atomic mass is 19.4. The van der Waals surface area contributed by atoms with Crippen LogP contribution in [0.2, 0.25) is 0 Å². The zero-order valence-corrected chi connectivity index (χ0v) is 21.0. The lowest BCUT2D eigenvalue weighted by molar-refractivity contribution is -0.137. The average molecular weight is 501 g/mol. The van der Waals surface area contributed by atoms with Gasteiger partial charge in [0.15, 0.2) is 0 Å². The van der Waals surface area contributed by atoms with Gasteiger partial charge in [0.25, 0.3) is 5.56 Å². The molecule has 1 aromatic heterocycles. The Hall–Kier alpha value is -3.06. The molecule has 2 aromatic carbocycles. The normalized spacial score (nSPS) is 11.7. The van der Waals surface area contributed by atoms with Crippen LogP contribution in [-0.4, -0.2) is 11.2 Å². The summed E-state index contributed by atoms with van der Waals surface area (Å²) in [5.74, 6) is 0. The fraction of sp³-hybridized carbons (Fsp3) is 0.414. The molecule has 0 spiro atoms. The summed E-state index contributed by atoms with van der Waals surface area (Å²) in [5.41, 5.74) is 6.23. The third kappa shape index (κ3) is 7.47. The molecule has 0 radical (unpaired) electrons. The Balaban J connectivity index is 1.81. The van der Waals surface area contributed by atoms with Crippen molar-refractivity contribution in [1.29, 1.82) is 0 Å². The van der Waals surface area contributed by atoms with Crippen molar-refractivity contribution in [2.75, 3.05) is 12.3 Å². The van der Waals surface area contributed by atoms with Gasteiger partial charge in [-0.25, -0.2) is 0 Å². The summed E-state index contributed by atoms with van der Waals surface area (Å²) in [5, 5.41) is 0. The van der Waals surface area contributed by atoms with Crippen molar-refractivity contribution in [2.45, 2.75) is 71.7 Å². The first-order chi connectivity index (χ1) is 17.2. The number of pyridine rings is 1. The lowest BCUT2D eigenvalue weighted by Crippen LogP contribution is -2.28. The van der Waals surface area contributed by atoms with Crippen LogP contribution in [-0.2, 0) is 24.1 Å². The molecule has 7 heteroatoms. The minimum atomic E-state index is -4.73. The summed E-state index contributed by atoms with van der Waals surface area (Å²) in [6.07, 6.45) is 2.42. The van der Waals surface area contributed by atoms with Gasteiger partial charge in [-0.1, -0.05) is 87.1 Å². The lowest BCUT2D eigenvalue weighted by Gasteiger charge is -2.19. The molecule has 2 N–H and O–H groups in total. The smallest absolute Gasteiger partial charge is 0.394 e. The summed E-state index contributed by atoms with van der Waals surface area (Å²) in [6.45, 7) is 5.27. The molecule has 0 atom stereocenters. The summed E-state index contributed by atoms with van der Waals surface area (Å²) in [7, 11) is 0. The first kappa shape index (κ1) is 27.5. The number of benzene rings is 2. The molecule has 0 aliphatic carbocycles. The highest BCUT2D eigenvalue weighted by molar-refractivity contribution is 5.65. The number of nitrogen functional groups attached to an aromatic ring is 1. The summed E-state index contributed by atoms with van der Waals surface area (Å²) in [6, 6.07) is 15.6. The highest BCUT2D eigenvalue weighted by Gasteiger charge is 2.35. The van der Waals surface area contributed by atoms with Crippen molar-refractivity contribution in [3.8, 4) is 11.3 Å². The Labute approximate surface area is 210 Å². The monoisotopic (exact) mass is 500 g/mol. The van der Waals surface area contributed by atoms with Gasteiger partial charge in [-0.2, -0.15) is 13.2 Å². The summed E-state index contributed by atoms with van der Waals surface area (Å²) < 4.78 is 48.0. The van der Waals surface area contributed by atoms with Crippen LogP contribution in [0.25, 0.3) is 11.3 Å². The Kier molecular flexibility index (Phi) is 9.76. The molecule has 0 unspecified atom stereocenters. The zero-order valence-electron chi connectivity index (χ0n) is 21.0. The molecule has 0 fully saturated rings. The first-order valence-electron chi connectivity index (χ1n) is 12.5. The molecule has 0 aliphatic rings. The molecule has 3 aromatic rings. The molecular weight excluding hydrogens is 465 g/mol. The fourth-order valence-electron chi connectivity index (χ4n) is 4.27. The third-order valence-corrected chi connectivity index (χ3v) is 6.20. The maximum absolute atomic E-state index is 13.6. The number of hydrogen-bond acceptors (Lipinski definition) is 3. The lowest BCUT2D eigenvalue weighted by atomic mass is 10.0. The van der Waals surface area contributed by atoms with Crippen LogP contribution >= 0.6 is 0 Å². The van der Waals surface area contributed by atoms with Crippen molar-refractivity contribution in [3.05, 3.63) is 87.2 Å². The van der Waals surface area contributed by atoms with E-state index in [0.29, 0.717) is 18.8 Å². The van der Waals surface area contributed by atoms with Crippen LogP contribution < -0.4 is 11.3 Å². The van der Waals surface area contributed by atoms with Crippen LogP contribution in [0.1, 0.15) is 67.7 Å². The number of unbranched alkanes of at least 4 members (excludes halogenated alkanes) is 5. The first-order valence-corrected chi connectivity index (χ1v) is 12.5. The van der Waals surface area contributed by atoms with Crippen LogP contribution in [0.4, 0.5) is 18.9 Å². The number of aromatic nitrogens is 1. The van der Waals surface area contributed by atoms with Crippen molar-refractivity contribution in [3.63, 3.8) is 0 Å². The van der Waals surface area contributed by atoms with E-state index in [1.807, 2.05) is 37.3 Å². The topological polar surface area (TPSA) is 57.2 Å². The largest absolute Gasteiger partial charge is 0.418 e. The molecule has 0 saturated carbocycles. The molecule has 0 bridgehead atoms. The minimum absolute atomic E-state index is 0.0930. The van der Waals surface area contributed by atoms with E-state index in [0.717, 1.165) is 35.6 Å². The van der Waals surface area contributed by atoms with Crippen molar-refractivity contribution >= 4 is 5.69 Å². The molecule has 36 heavy (non-hydrogen) atoms. The van der Waals surface area contributed by atoms with E-state index in [1.165, 1.54) is 30.3 Å². The van der Waals surface area contributed by atoms with Gasteiger partial charge in [0.2, 0.25) is 0 Å². The fourth-order valence-corrected chi connectivity index (χ4v) is 4.27. The number of hydrogen-bond donors (Lipinski definition) is 1. The molecule has 0 aliphatic heterocycles. The quantitative estimate of drug-likeness (QED) is 0.265. The summed E-state index contributed by atoms with van der Waals surface area (Å²) >= 11 is 0. The van der Waals surface area contributed by atoms with E-state index >= 15 is 0 Å². The Bertz CT molecular complexity index is 1200. The number of ether oxygens (including phenoxy) is 1. The average Bonchev–Trinajstić information content (AvgIpc) is 2.83. The molecular formula is C29H35F3N2O2. The van der Waals surface area contributed by atoms with E-state index in [4.69, 9.17) is 10.5 Å². The van der Waals surface area contributed by atoms with Gasteiger partial charge < -0.3 is 15.0 Å². The molecule has 4 nitrogen and oxygen atoms in total. The number of nitrogens with zero attached hydrogens (tertiary/aromatic N) is 1. The van der Waals surface area contributed by atoms with Crippen LogP contribution in [0.15, 0.2) is 59.4 Å². The Morgan fingerprint density at radius 1 is 0.917 bits per heavy atom. The van der Waals surface area contributed by atoms with E-state index in [2.05, 4.69) is 6.92 Å². The van der Waals surface area contributed by atoms with E-state index in [-0.39, 0.29) is 12.2 Å². The summed E-state index contributed by atoms with van der Waals surface area (Å²) in [4.78, 5) is 13.1. The van der Waals surface area contributed by atoms with Gasteiger partial charge in [0, 0.05) is 6.61 Å². The molecule has 1 heterocycles. The van der Waals surface area contributed by atoms with Gasteiger partial charge >= 0.3 is 6.18 Å². The van der Waals surface area contributed by atoms with E-state index in [1.54, 1.807) is 18.2 Å². The molecule has 194 valence electrons. The maximum atomic E-state index is 13.6. The number of alkyl halides is 3. The number of halogens is 3. The standard InChI is InChI=1S/C29H35F3N2O2/c1-3-4-5-6-7-8-15-36-20-23-13-10-12-22(17-23)19-34-26(24-14-9-11-21(2)16-24)18-25(29(30,31)32)27(33)28(34)35/h9-14,16-18H,3-8,15,19-20,33H2,1-2H3. The van der Waals surface area contributed by atoms with Gasteiger partial charge in [-0.3, -0.25) is 4.79 Å². The van der Waals surface area contributed by atoms with Crippen LogP contribution in [0, 0.1) is 6.92 Å². The van der Waals surface area contributed by atoms with Gasteiger partial charge in [-0.05, 0) is 42.2 Å². The van der Waals surface area contributed by atoms with Crippen molar-refractivity contribution in [1.82, 2.24) is 4.57 Å². The zero-order chi connectivity index (χ0) is 26.1. The Morgan fingerprint density at radius 2 is 1.61 bits per heavy atom. The van der Waals surface area contributed by atoms with Crippen LogP contribution in [0.3, 0.4) is 0 Å². The maximum Gasteiger partial charge on any atom is 0.418 e. The highest BCUT2D eigenvalue weighted by Crippen LogP contribution is 2.35. The molecule has 0 amide bonds. The number of aryl methyl sites for hydroxylation is 1. The minimum Gasteiger partial charge on any atom is -0.394 e. The van der Waals surface area contributed by atoms with Gasteiger partial charge in [-0.15, -0.1) is 0 Å². The number of anilines is 1. The second kappa shape index (κ2) is 12.8. The Morgan fingerprint density at radius 3 is 2.33 bits per heavy atom.